The minimum absolute atomic E-state index is 0.267. The van der Waals surface area contributed by atoms with Crippen LogP contribution in [0.2, 0.25) is 0 Å². The zero-order valence-corrected chi connectivity index (χ0v) is 10.5. The molecule has 1 N–H and O–H groups in total. The van der Waals surface area contributed by atoms with E-state index in [9.17, 15) is 14.7 Å². The summed E-state index contributed by atoms with van der Waals surface area (Å²) in [5.74, 6) is -1.67. The predicted octanol–water partition coefficient (Wildman–Crippen LogP) is -0.857. The molecule has 2 heterocycles. The number of hydrogen-bond donors (Lipinski definition) is 1. The molecular formula is C11H9N4O3S-. The van der Waals surface area contributed by atoms with Crippen LogP contribution in [0.25, 0.3) is 0 Å². The maximum absolute atomic E-state index is 11.4. The smallest absolute Gasteiger partial charge is 0.239 e. The van der Waals surface area contributed by atoms with Crippen LogP contribution in [-0.4, -0.2) is 33.5 Å². The van der Waals surface area contributed by atoms with Gasteiger partial charge in [-0.15, -0.1) is 5.10 Å². The molecule has 1 aliphatic rings. The molecule has 1 atom stereocenters. The summed E-state index contributed by atoms with van der Waals surface area (Å²) in [7, 11) is 0. The van der Waals surface area contributed by atoms with E-state index in [2.05, 4.69) is 20.5 Å². The Bertz CT molecular complexity index is 544. The van der Waals surface area contributed by atoms with E-state index >= 15 is 0 Å². The second-order valence-electron chi connectivity index (χ2n) is 3.58. The number of carbonyl (C=O) groups is 2. The number of carbonyl (C=O) groups excluding carboxylic acids is 2. The molecule has 1 fully saturated rings. The van der Waals surface area contributed by atoms with Gasteiger partial charge in [-0.25, -0.2) is 0 Å². The van der Waals surface area contributed by atoms with Crippen molar-refractivity contribution < 1.29 is 14.7 Å². The van der Waals surface area contributed by atoms with Crippen molar-refractivity contribution in [2.75, 3.05) is 0 Å². The highest BCUT2D eigenvalue weighted by molar-refractivity contribution is 8.15. The van der Waals surface area contributed by atoms with Gasteiger partial charge in [-0.3, -0.25) is 9.78 Å². The van der Waals surface area contributed by atoms with Gasteiger partial charge >= 0.3 is 0 Å². The molecule has 2 rings (SSSR count). The third-order valence-electron chi connectivity index (χ3n) is 2.15. The molecule has 1 aromatic rings. The average molecular weight is 277 g/mol. The number of amidine groups is 1. The van der Waals surface area contributed by atoms with Crippen molar-refractivity contribution in [2.24, 2.45) is 10.2 Å². The summed E-state index contributed by atoms with van der Waals surface area (Å²) in [5, 5.41) is 20.0. The van der Waals surface area contributed by atoms with Crippen LogP contribution in [0.5, 0.6) is 0 Å². The Morgan fingerprint density at radius 2 is 2.42 bits per heavy atom. The maximum atomic E-state index is 11.4. The third-order valence-corrected chi connectivity index (χ3v) is 3.23. The lowest BCUT2D eigenvalue weighted by molar-refractivity contribution is -0.305. The van der Waals surface area contributed by atoms with Crippen molar-refractivity contribution in [2.45, 2.75) is 11.7 Å². The van der Waals surface area contributed by atoms with E-state index < -0.39 is 17.1 Å². The van der Waals surface area contributed by atoms with Crippen molar-refractivity contribution in [1.82, 2.24) is 10.3 Å². The number of aromatic nitrogens is 1. The minimum atomic E-state index is -1.27. The molecule has 0 spiro atoms. The van der Waals surface area contributed by atoms with Crippen LogP contribution in [-0.2, 0) is 9.59 Å². The monoisotopic (exact) mass is 277 g/mol. The van der Waals surface area contributed by atoms with Gasteiger partial charge in [0.05, 0.1) is 17.2 Å². The molecule has 0 unspecified atom stereocenters. The number of nitrogens with one attached hydrogen (secondary N) is 1. The number of carboxylic acid groups (broad SMARTS) is 1. The van der Waals surface area contributed by atoms with Crippen LogP contribution in [0.1, 0.15) is 12.1 Å². The Kier molecular flexibility index (Phi) is 4.24. The summed E-state index contributed by atoms with van der Waals surface area (Å²) < 4.78 is 0. The van der Waals surface area contributed by atoms with E-state index in [4.69, 9.17) is 0 Å². The molecule has 0 radical (unpaired) electrons. The van der Waals surface area contributed by atoms with Gasteiger partial charge in [-0.1, -0.05) is 17.8 Å². The quantitative estimate of drug-likeness (QED) is 0.569. The van der Waals surface area contributed by atoms with Gasteiger partial charge in [0.1, 0.15) is 0 Å². The van der Waals surface area contributed by atoms with E-state index in [0.29, 0.717) is 5.69 Å². The van der Waals surface area contributed by atoms with Crippen molar-refractivity contribution in [3.63, 3.8) is 0 Å². The van der Waals surface area contributed by atoms with E-state index in [1.807, 2.05) is 6.07 Å². The summed E-state index contributed by atoms with van der Waals surface area (Å²) in [6, 6.07) is 5.34. The predicted molar refractivity (Wildman–Crippen MR) is 68.4 cm³/mol. The minimum Gasteiger partial charge on any atom is -0.550 e. The van der Waals surface area contributed by atoms with Gasteiger partial charge in [-0.05, 0) is 12.1 Å². The first-order valence-electron chi connectivity index (χ1n) is 5.34. The fourth-order valence-electron chi connectivity index (χ4n) is 1.33. The van der Waals surface area contributed by atoms with Gasteiger partial charge < -0.3 is 15.2 Å². The van der Waals surface area contributed by atoms with Crippen LogP contribution in [0.15, 0.2) is 34.6 Å². The third kappa shape index (κ3) is 3.88. The van der Waals surface area contributed by atoms with Crippen LogP contribution in [0.3, 0.4) is 0 Å². The van der Waals surface area contributed by atoms with E-state index in [1.165, 1.54) is 6.21 Å². The number of nitrogens with zero attached hydrogens (tertiary/aromatic N) is 3. The van der Waals surface area contributed by atoms with Crippen molar-refractivity contribution in [3.8, 4) is 0 Å². The number of rotatable bonds is 4. The van der Waals surface area contributed by atoms with E-state index in [-0.39, 0.29) is 11.6 Å². The Hall–Kier alpha value is -2.22. The summed E-state index contributed by atoms with van der Waals surface area (Å²) in [4.78, 5) is 25.8. The van der Waals surface area contributed by atoms with Gasteiger partial charge in [0, 0.05) is 18.6 Å². The van der Waals surface area contributed by atoms with E-state index in [0.717, 1.165) is 11.8 Å². The molecule has 0 aromatic carbocycles. The number of pyridine rings is 1. The van der Waals surface area contributed by atoms with E-state index in [1.54, 1.807) is 18.3 Å². The molecule has 1 aromatic heterocycles. The topological polar surface area (TPSA) is 107 Å². The molecule has 0 aliphatic carbocycles. The Morgan fingerprint density at radius 3 is 3.11 bits per heavy atom. The molecular weight excluding hydrogens is 268 g/mol. The molecule has 98 valence electrons. The molecule has 7 nitrogen and oxygen atoms in total. The average Bonchev–Trinajstić information content (AvgIpc) is 2.70. The number of aliphatic carboxylic acids is 1. The molecule has 8 heteroatoms. The fourth-order valence-corrected chi connectivity index (χ4v) is 2.24. The normalized spacial score (nSPS) is 20.9. The number of carboxylic acids is 1. The lowest BCUT2D eigenvalue weighted by Gasteiger charge is -2.04. The summed E-state index contributed by atoms with van der Waals surface area (Å²) in [6.45, 7) is 0. The summed E-state index contributed by atoms with van der Waals surface area (Å²) in [5.41, 5.74) is 0.632. The highest BCUT2D eigenvalue weighted by Gasteiger charge is 2.30. The Morgan fingerprint density at radius 1 is 1.58 bits per heavy atom. The molecule has 1 saturated heterocycles. The first kappa shape index (κ1) is 13.2. The second kappa shape index (κ2) is 6.10. The number of amides is 1. The van der Waals surface area contributed by atoms with Crippen LogP contribution < -0.4 is 10.4 Å². The highest BCUT2D eigenvalue weighted by atomic mass is 32.2. The van der Waals surface area contributed by atoms with Gasteiger partial charge in [0.2, 0.25) is 5.91 Å². The summed E-state index contributed by atoms with van der Waals surface area (Å²) in [6.07, 6.45) is 2.71. The standard InChI is InChI=1S/C11H10N4O3S/c16-9(17)5-8-10(18)14-11(19-8)15-13-6-7-3-1-2-4-12-7/h1-4,6,8H,5H2,(H,16,17)(H,14,15,18)/p-1/b13-6-/t8-/m0/s1. The zero-order valence-electron chi connectivity index (χ0n) is 9.65. The van der Waals surface area contributed by atoms with Gasteiger partial charge in [0.15, 0.2) is 5.17 Å². The lowest BCUT2D eigenvalue weighted by atomic mass is 10.3. The molecule has 0 bridgehead atoms. The SMILES string of the molecule is O=C([O-])C[C@@H]1S/C(=N\N=C/c2ccccn2)NC1=O. The maximum Gasteiger partial charge on any atom is 0.239 e. The van der Waals surface area contributed by atoms with Crippen molar-refractivity contribution >= 4 is 35.0 Å². The second-order valence-corrected chi connectivity index (χ2v) is 4.77. The number of thioether (sulfide) groups is 1. The Labute approximate surface area is 112 Å². The fraction of sp³-hybridized carbons (Fsp3) is 0.182. The van der Waals surface area contributed by atoms with Gasteiger partial charge in [0.25, 0.3) is 0 Å². The molecule has 19 heavy (non-hydrogen) atoms. The van der Waals surface area contributed by atoms with Crippen LogP contribution in [0.4, 0.5) is 0 Å². The molecule has 1 amide bonds. The Balaban J connectivity index is 1.96. The van der Waals surface area contributed by atoms with Gasteiger partial charge in [-0.2, -0.15) is 5.10 Å². The first-order valence-corrected chi connectivity index (χ1v) is 6.22. The largest absolute Gasteiger partial charge is 0.550 e. The molecule has 0 saturated carbocycles. The van der Waals surface area contributed by atoms with Crippen molar-refractivity contribution in [1.29, 1.82) is 0 Å². The zero-order chi connectivity index (χ0) is 13.7. The van der Waals surface area contributed by atoms with Crippen LogP contribution in [0, 0.1) is 0 Å². The highest BCUT2D eigenvalue weighted by Crippen LogP contribution is 2.21. The van der Waals surface area contributed by atoms with Crippen molar-refractivity contribution in [3.05, 3.63) is 30.1 Å². The van der Waals surface area contributed by atoms with Crippen LogP contribution >= 0.6 is 11.8 Å². The number of hydrogen-bond acceptors (Lipinski definition) is 7. The first-order chi connectivity index (χ1) is 9.15. The molecule has 1 aliphatic heterocycles. The lowest BCUT2D eigenvalue weighted by Crippen LogP contribution is -2.31. The summed E-state index contributed by atoms with van der Waals surface area (Å²) >= 11 is 1.02.